The highest BCUT2D eigenvalue weighted by atomic mass is 28.3. The number of para-hydroxylation sites is 3. The van der Waals surface area contributed by atoms with Gasteiger partial charge in [0.05, 0.1) is 16.7 Å². The maximum Gasteiger partial charge on any atom is 0.179 e. The third-order valence-electron chi connectivity index (χ3n) is 11.7. The number of nitrogens with zero attached hydrogens (tertiary/aromatic N) is 2. The van der Waals surface area contributed by atoms with Crippen molar-refractivity contribution in [3.8, 4) is 5.69 Å². The largest absolute Gasteiger partial charge is 0.456 e. The van der Waals surface area contributed by atoms with E-state index in [1.807, 2.05) is 12.1 Å². The molecule has 0 amide bonds. The van der Waals surface area contributed by atoms with Gasteiger partial charge in [-0.05, 0) is 81.4 Å². The molecule has 0 fully saturated rings. The van der Waals surface area contributed by atoms with E-state index in [9.17, 15) is 0 Å². The Hall–Kier alpha value is -7.40. The minimum atomic E-state index is -2.72. The summed E-state index contributed by atoms with van der Waals surface area (Å²) in [5, 5.41) is 10.0. The van der Waals surface area contributed by atoms with Crippen molar-refractivity contribution in [1.29, 1.82) is 0 Å². The molecule has 0 aliphatic carbocycles. The molecule has 0 saturated heterocycles. The standard InChI is InChI=1S/C54H38N2OSi/c1-5-18-39(19-6-1)56-49-28-15-13-27-48(49)54-50(29-17-30-51(54)56)55(41-34-37-47-46-26-14-16-31-52(46)57-53(47)38-41)40-32-35-45(36-33-40)58(42-20-7-2-8-21-42,43-22-9-3-10-23-43)44-24-11-4-12-25-44/h1-38H. The molecule has 4 heteroatoms. The Morgan fingerprint density at radius 1 is 0.362 bits per heavy atom. The highest BCUT2D eigenvalue weighted by Crippen LogP contribution is 2.44. The lowest BCUT2D eigenvalue weighted by Gasteiger charge is -2.35. The summed E-state index contributed by atoms with van der Waals surface area (Å²) >= 11 is 0. The fraction of sp³-hybridized carbons (Fsp3) is 0. The van der Waals surface area contributed by atoms with Crippen LogP contribution in [0.5, 0.6) is 0 Å². The van der Waals surface area contributed by atoms with Crippen molar-refractivity contribution in [1.82, 2.24) is 4.57 Å². The zero-order valence-electron chi connectivity index (χ0n) is 31.7. The number of fused-ring (bicyclic) bond motifs is 6. The van der Waals surface area contributed by atoms with Gasteiger partial charge in [-0.3, -0.25) is 0 Å². The van der Waals surface area contributed by atoms with E-state index in [4.69, 9.17) is 4.42 Å². The van der Waals surface area contributed by atoms with E-state index >= 15 is 0 Å². The monoisotopic (exact) mass is 758 g/mol. The lowest BCUT2D eigenvalue weighted by molar-refractivity contribution is 0.669. The van der Waals surface area contributed by atoms with Gasteiger partial charge < -0.3 is 13.9 Å². The first-order valence-corrected chi connectivity index (χ1v) is 21.9. The average molecular weight is 759 g/mol. The molecule has 0 aliphatic heterocycles. The molecular weight excluding hydrogens is 721 g/mol. The van der Waals surface area contributed by atoms with Crippen LogP contribution in [0.4, 0.5) is 17.1 Å². The predicted octanol–water partition coefficient (Wildman–Crippen LogP) is 11.5. The quantitative estimate of drug-likeness (QED) is 0.114. The molecule has 0 aliphatic rings. The van der Waals surface area contributed by atoms with Crippen LogP contribution in [0.3, 0.4) is 0 Å². The summed E-state index contributed by atoms with van der Waals surface area (Å²) < 4.78 is 8.91. The van der Waals surface area contributed by atoms with E-state index in [-0.39, 0.29) is 0 Å². The molecule has 2 heterocycles. The molecule has 0 unspecified atom stereocenters. The van der Waals surface area contributed by atoms with Crippen LogP contribution in [0.2, 0.25) is 0 Å². The molecule has 0 saturated carbocycles. The van der Waals surface area contributed by atoms with Crippen LogP contribution in [-0.4, -0.2) is 12.6 Å². The second-order valence-corrected chi connectivity index (χ2v) is 18.7. The number of furan rings is 1. The maximum atomic E-state index is 6.52. The van der Waals surface area contributed by atoms with Gasteiger partial charge in [-0.25, -0.2) is 0 Å². The first-order chi connectivity index (χ1) is 28.8. The Bertz CT molecular complexity index is 3110. The Kier molecular flexibility index (Phi) is 8.16. The van der Waals surface area contributed by atoms with Gasteiger partial charge >= 0.3 is 0 Å². The summed E-state index contributed by atoms with van der Waals surface area (Å²) in [4.78, 5) is 2.41. The highest BCUT2D eigenvalue weighted by Gasteiger charge is 2.41. The van der Waals surface area contributed by atoms with Gasteiger partial charge in [0.25, 0.3) is 0 Å². The Balaban J connectivity index is 1.17. The summed E-state index contributed by atoms with van der Waals surface area (Å²) in [5.74, 6) is 0. The number of rotatable bonds is 8. The van der Waals surface area contributed by atoms with Gasteiger partial charge in [0.2, 0.25) is 0 Å². The van der Waals surface area contributed by atoms with Crippen LogP contribution in [0.1, 0.15) is 0 Å². The molecule has 58 heavy (non-hydrogen) atoms. The van der Waals surface area contributed by atoms with Crippen LogP contribution in [-0.2, 0) is 0 Å². The third-order valence-corrected chi connectivity index (χ3v) is 16.5. The van der Waals surface area contributed by atoms with Crippen LogP contribution in [0, 0.1) is 0 Å². The summed E-state index contributed by atoms with van der Waals surface area (Å²) in [7, 11) is -2.72. The summed E-state index contributed by atoms with van der Waals surface area (Å²) in [6.07, 6.45) is 0. The van der Waals surface area contributed by atoms with Crippen LogP contribution >= 0.6 is 0 Å². The van der Waals surface area contributed by atoms with Crippen LogP contribution in [0.25, 0.3) is 49.4 Å². The lowest BCUT2D eigenvalue weighted by atomic mass is 10.1. The normalized spacial score (nSPS) is 11.8. The van der Waals surface area contributed by atoms with Crippen molar-refractivity contribution in [3.05, 3.63) is 231 Å². The predicted molar refractivity (Wildman–Crippen MR) is 246 cm³/mol. The summed E-state index contributed by atoms with van der Waals surface area (Å²) in [6.45, 7) is 0. The number of aromatic nitrogens is 1. The highest BCUT2D eigenvalue weighted by molar-refractivity contribution is 7.19. The first-order valence-electron chi connectivity index (χ1n) is 19.9. The van der Waals surface area contributed by atoms with Crippen molar-refractivity contribution in [2.75, 3.05) is 4.90 Å². The molecule has 0 N–H and O–H groups in total. The topological polar surface area (TPSA) is 21.3 Å². The SMILES string of the molecule is c1ccc(-n2c3ccccc3c3c(N(c4ccc([Si](c5ccccc5)(c5ccccc5)c5ccccc5)cc4)c4ccc5c(c4)oc4ccccc45)cccc32)cc1. The van der Waals surface area contributed by atoms with E-state index in [2.05, 4.69) is 228 Å². The fourth-order valence-electron chi connectivity index (χ4n) is 9.25. The van der Waals surface area contributed by atoms with E-state index in [0.29, 0.717) is 0 Å². The molecular formula is C54H38N2OSi. The fourth-order valence-corrected chi connectivity index (χ4v) is 14.0. The Morgan fingerprint density at radius 2 is 0.862 bits per heavy atom. The van der Waals surface area contributed by atoms with Crippen molar-refractivity contribution in [2.24, 2.45) is 0 Å². The molecule has 0 bridgehead atoms. The van der Waals surface area contributed by atoms with Gasteiger partial charge in [-0.1, -0.05) is 164 Å². The molecule has 11 rings (SSSR count). The average Bonchev–Trinajstić information content (AvgIpc) is 3.85. The lowest BCUT2D eigenvalue weighted by Crippen LogP contribution is -2.74. The Morgan fingerprint density at radius 3 is 1.52 bits per heavy atom. The van der Waals surface area contributed by atoms with Gasteiger partial charge in [0.1, 0.15) is 11.2 Å². The van der Waals surface area contributed by atoms with E-state index in [1.54, 1.807) is 0 Å². The number of anilines is 3. The smallest absolute Gasteiger partial charge is 0.179 e. The van der Waals surface area contributed by atoms with Gasteiger partial charge in [-0.2, -0.15) is 0 Å². The minimum absolute atomic E-state index is 0.864. The van der Waals surface area contributed by atoms with Crippen molar-refractivity contribution in [2.45, 2.75) is 0 Å². The van der Waals surface area contributed by atoms with E-state index < -0.39 is 8.07 Å². The molecule has 0 atom stereocenters. The number of benzene rings is 9. The van der Waals surface area contributed by atoms with Crippen LogP contribution in [0.15, 0.2) is 235 Å². The Labute approximate surface area is 338 Å². The second kappa shape index (κ2) is 14.0. The molecule has 274 valence electrons. The summed E-state index contributed by atoms with van der Waals surface area (Å²) in [5.41, 5.74) is 8.41. The van der Waals surface area contributed by atoms with Gasteiger partial charge in [-0.15, -0.1) is 0 Å². The molecule has 0 spiro atoms. The first kappa shape index (κ1) is 33.9. The van der Waals surface area contributed by atoms with Crippen molar-refractivity contribution in [3.63, 3.8) is 0 Å². The zero-order chi connectivity index (χ0) is 38.5. The van der Waals surface area contributed by atoms with E-state index in [1.165, 1.54) is 37.0 Å². The second-order valence-electron chi connectivity index (χ2n) is 14.9. The summed E-state index contributed by atoms with van der Waals surface area (Å²) in [6, 6.07) is 83.8. The molecule has 9 aromatic carbocycles. The van der Waals surface area contributed by atoms with Crippen LogP contribution < -0.4 is 25.6 Å². The van der Waals surface area contributed by atoms with Crippen molar-refractivity contribution >= 4 is 89.6 Å². The zero-order valence-corrected chi connectivity index (χ0v) is 32.7. The van der Waals surface area contributed by atoms with Crippen molar-refractivity contribution < 1.29 is 4.42 Å². The number of hydrogen-bond donors (Lipinski definition) is 0. The maximum absolute atomic E-state index is 6.52. The third kappa shape index (κ3) is 5.34. The molecule has 3 nitrogen and oxygen atoms in total. The van der Waals surface area contributed by atoms with Gasteiger partial charge in [0.15, 0.2) is 8.07 Å². The minimum Gasteiger partial charge on any atom is -0.456 e. The van der Waals surface area contributed by atoms with E-state index in [0.717, 1.165) is 50.2 Å². The number of hydrogen-bond acceptors (Lipinski definition) is 2. The molecule has 0 radical (unpaired) electrons. The van der Waals surface area contributed by atoms with Gasteiger partial charge in [0, 0.05) is 44.7 Å². The molecule has 11 aromatic rings. The molecule has 2 aromatic heterocycles.